The second kappa shape index (κ2) is 6.53. The van der Waals surface area contributed by atoms with Gasteiger partial charge < -0.3 is 15.4 Å². The van der Waals surface area contributed by atoms with Gasteiger partial charge in [0.05, 0.1) is 12.1 Å². The van der Waals surface area contributed by atoms with Gasteiger partial charge in [0.2, 0.25) is 5.91 Å². The maximum atomic E-state index is 12.3. The van der Waals surface area contributed by atoms with Crippen LogP contribution in [-0.4, -0.2) is 37.2 Å². The minimum Gasteiger partial charge on any atom is -0.376 e. The summed E-state index contributed by atoms with van der Waals surface area (Å²) in [5.74, 6) is 0.405. The first-order valence-electron chi connectivity index (χ1n) is 7.36. The van der Waals surface area contributed by atoms with E-state index < -0.39 is 0 Å². The molecule has 0 aliphatic carbocycles. The smallest absolute Gasteiger partial charge is 0.223 e. The van der Waals surface area contributed by atoms with E-state index in [4.69, 9.17) is 4.74 Å². The number of ether oxygens (including phenoxy) is 1. The Labute approximate surface area is 110 Å². The van der Waals surface area contributed by atoms with Crippen molar-refractivity contribution < 1.29 is 9.53 Å². The van der Waals surface area contributed by atoms with Gasteiger partial charge in [0, 0.05) is 18.6 Å². The van der Waals surface area contributed by atoms with Gasteiger partial charge in [-0.2, -0.15) is 0 Å². The molecule has 2 N–H and O–H groups in total. The number of amides is 1. The van der Waals surface area contributed by atoms with Crippen molar-refractivity contribution in [3.63, 3.8) is 0 Å². The Morgan fingerprint density at radius 2 is 2.33 bits per heavy atom. The van der Waals surface area contributed by atoms with E-state index in [1.54, 1.807) is 0 Å². The Balaban J connectivity index is 1.84. The van der Waals surface area contributed by atoms with E-state index in [1.807, 2.05) is 0 Å². The standard InChI is InChI=1S/C14H26N2O2/c1-3-12(13-5-4-8-18-13)16-14(17)11-6-7-15-10(2)9-11/h10-13,15H,3-9H2,1-2H3,(H,16,17)/t10-,11-,12?,13?/m0/s1. The van der Waals surface area contributed by atoms with Gasteiger partial charge in [-0.1, -0.05) is 6.92 Å². The summed E-state index contributed by atoms with van der Waals surface area (Å²) in [6, 6.07) is 0.655. The third kappa shape index (κ3) is 3.45. The van der Waals surface area contributed by atoms with Crippen LogP contribution in [0.25, 0.3) is 0 Å². The van der Waals surface area contributed by atoms with Crippen LogP contribution in [0.5, 0.6) is 0 Å². The lowest BCUT2D eigenvalue weighted by Gasteiger charge is -2.30. The predicted octanol–water partition coefficient (Wildman–Crippen LogP) is 1.45. The Morgan fingerprint density at radius 3 is 2.94 bits per heavy atom. The van der Waals surface area contributed by atoms with Gasteiger partial charge in [0.1, 0.15) is 0 Å². The molecule has 104 valence electrons. The molecule has 2 rings (SSSR count). The number of carbonyl (C=O) groups is 1. The molecular formula is C14H26N2O2. The molecule has 0 aromatic rings. The van der Waals surface area contributed by atoms with E-state index in [-0.39, 0.29) is 24.0 Å². The van der Waals surface area contributed by atoms with Gasteiger partial charge in [-0.25, -0.2) is 0 Å². The zero-order valence-electron chi connectivity index (χ0n) is 11.6. The van der Waals surface area contributed by atoms with Crippen LogP contribution in [0.4, 0.5) is 0 Å². The molecule has 0 spiro atoms. The van der Waals surface area contributed by atoms with Crippen LogP contribution >= 0.6 is 0 Å². The first kappa shape index (κ1) is 13.8. The van der Waals surface area contributed by atoms with Crippen molar-refractivity contribution in [1.82, 2.24) is 10.6 Å². The molecule has 4 nitrogen and oxygen atoms in total. The highest BCUT2D eigenvalue weighted by Crippen LogP contribution is 2.20. The molecule has 18 heavy (non-hydrogen) atoms. The Kier molecular flexibility index (Phi) is 5.01. The fourth-order valence-corrected chi connectivity index (χ4v) is 3.05. The highest BCUT2D eigenvalue weighted by molar-refractivity contribution is 5.79. The molecule has 1 amide bonds. The van der Waals surface area contributed by atoms with Crippen molar-refractivity contribution >= 4 is 5.91 Å². The van der Waals surface area contributed by atoms with E-state index in [0.29, 0.717) is 6.04 Å². The van der Waals surface area contributed by atoms with Gasteiger partial charge in [-0.05, 0) is 45.6 Å². The molecule has 0 aromatic heterocycles. The fourth-order valence-electron chi connectivity index (χ4n) is 3.05. The van der Waals surface area contributed by atoms with Crippen LogP contribution in [0, 0.1) is 5.92 Å². The summed E-state index contributed by atoms with van der Waals surface area (Å²) < 4.78 is 5.69. The summed E-state index contributed by atoms with van der Waals surface area (Å²) in [4.78, 5) is 12.3. The van der Waals surface area contributed by atoms with Gasteiger partial charge in [0.15, 0.2) is 0 Å². The summed E-state index contributed by atoms with van der Waals surface area (Å²) >= 11 is 0. The number of nitrogens with one attached hydrogen (secondary N) is 2. The van der Waals surface area contributed by atoms with E-state index in [0.717, 1.165) is 45.3 Å². The van der Waals surface area contributed by atoms with Crippen LogP contribution in [-0.2, 0) is 9.53 Å². The number of rotatable bonds is 4. The molecular weight excluding hydrogens is 228 g/mol. The molecule has 4 atom stereocenters. The quantitative estimate of drug-likeness (QED) is 0.798. The maximum absolute atomic E-state index is 12.3. The Morgan fingerprint density at radius 1 is 1.50 bits per heavy atom. The lowest BCUT2D eigenvalue weighted by molar-refractivity contribution is -0.127. The zero-order valence-corrected chi connectivity index (χ0v) is 11.6. The van der Waals surface area contributed by atoms with Crippen molar-refractivity contribution in [3.8, 4) is 0 Å². The van der Waals surface area contributed by atoms with Crippen molar-refractivity contribution in [3.05, 3.63) is 0 Å². The molecule has 2 aliphatic rings. The SMILES string of the molecule is CCC(NC(=O)[C@H]1CCN[C@@H](C)C1)C1CCCO1. The predicted molar refractivity (Wildman–Crippen MR) is 71.4 cm³/mol. The lowest BCUT2D eigenvalue weighted by Crippen LogP contribution is -2.48. The zero-order chi connectivity index (χ0) is 13.0. The Hall–Kier alpha value is -0.610. The third-order valence-electron chi connectivity index (χ3n) is 4.18. The molecule has 0 saturated carbocycles. The summed E-state index contributed by atoms with van der Waals surface area (Å²) in [6.45, 7) is 6.08. The molecule has 2 saturated heterocycles. The maximum Gasteiger partial charge on any atom is 0.223 e. The van der Waals surface area contributed by atoms with Crippen LogP contribution < -0.4 is 10.6 Å². The van der Waals surface area contributed by atoms with Crippen LogP contribution in [0.1, 0.15) is 46.0 Å². The lowest BCUT2D eigenvalue weighted by atomic mass is 9.92. The monoisotopic (exact) mass is 254 g/mol. The van der Waals surface area contributed by atoms with Crippen LogP contribution in [0.3, 0.4) is 0 Å². The number of piperidine rings is 1. The second-order valence-electron chi connectivity index (χ2n) is 5.65. The molecule has 2 heterocycles. The van der Waals surface area contributed by atoms with Crippen molar-refractivity contribution in [2.45, 2.75) is 64.1 Å². The number of hydrogen-bond donors (Lipinski definition) is 2. The second-order valence-corrected chi connectivity index (χ2v) is 5.65. The summed E-state index contributed by atoms with van der Waals surface area (Å²) in [5, 5.41) is 6.59. The molecule has 2 fully saturated rings. The summed E-state index contributed by atoms with van der Waals surface area (Å²) in [7, 11) is 0. The molecule has 0 bridgehead atoms. The summed E-state index contributed by atoms with van der Waals surface area (Å²) in [5.41, 5.74) is 0. The van der Waals surface area contributed by atoms with Gasteiger partial charge in [-0.3, -0.25) is 4.79 Å². The van der Waals surface area contributed by atoms with E-state index in [2.05, 4.69) is 24.5 Å². The van der Waals surface area contributed by atoms with Crippen LogP contribution in [0.15, 0.2) is 0 Å². The van der Waals surface area contributed by atoms with Crippen molar-refractivity contribution in [1.29, 1.82) is 0 Å². The normalized spacial score (nSPS) is 34.2. The van der Waals surface area contributed by atoms with Gasteiger partial charge in [-0.15, -0.1) is 0 Å². The number of hydrogen-bond acceptors (Lipinski definition) is 3. The fraction of sp³-hybridized carbons (Fsp3) is 0.929. The number of carbonyl (C=O) groups excluding carboxylic acids is 1. The molecule has 0 radical (unpaired) electrons. The topological polar surface area (TPSA) is 50.4 Å². The highest BCUT2D eigenvalue weighted by Gasteiger charge is 2.30. The van der Waals surface area contributed by atoms with Crippen LogP contribution in [0.2, 0.25) is 0 Å². The first-order valence-corrected chi connectivity index (χ1v) is 7.36. The van der Waals surface area contributed by atoms with Gasteiger partial charge in [0.25, 0.3) is 0 Å². The molecule has 4 heteroatoms. The summed E-state index contributed by atoms with van der Waals surface area (Å²) in [6.07, 6.45) is 5.31. The van der Waals surface area contributed by atoms with E-state index >= 15 is 0 Å². The van der Waals surface area contributed by atoms with Crippen molar-refractivity contribution in [2.75, 3.05) is 13.2 Å². The minimum absolute atomic E-state index is 0.178. The van der Waals surface area contributed by atoms with Gasteiger partial charge >= 0.3 is 0 Å². The van der Waals surface area contributed by atoms with E-state index in [9.17, 15) is 4.79 Å². The Bertz CT molecular complexity index is 277. The molecule has 0 aromatic carbocycles. The van der Waals surface area contributed by atoms with E-state index in [1.165, 1.54) is 0 Å². The van der Waals surface area contributed by atoms with Crippen molar-refractivity contribution in [2.24, 2.45) is 5.92 Å². The average molecular weight is 254 g/mol. The minimum atomic E-state index is 0.178. The largest absolute Gasteiger partial charge is 0.376 e. The molecule has 2 aliphatic heterocycles. The third-order valence-corrected chi connectivity index (χ3v) is 4.18. The highest BCUT2D eigenvalue weighted by atomic mass is 16.5. The first-order chi connectivity index (χ1) is 8.70. The molecule has 2 unspecified atom stereocenters. The average Bonchev–Trinajstić information content (AvgIpc) is 2.89.